The van der Waals surface area contributed by atoms with E-state index in [2.05, 4.69) is 5.32 Å². The van der Waals surface area contributed by atoms with Crippen LogP contribution in [0.1, 0.15) is 33.6 Å². The van der Waals surface area contributed by atoms with E-state index in [0.717, 1.165) is 12.8 Å². The lowest BCUT2D eigenvalue weighted by Gasteiger charge is -2.33. The number of carbonyl (C=O) groups excluding carboxylic acids is 1. The van der Waals surface area contributed by atoms with E-state index in [1.54, 1.807) is 36.9 Å². The minimum atomic E-state index is -0.912. The van der Waals surface area contributed by atoms with Gasteiger partial charge in [0.15, 0.2) is 0 Å². The van der Waals surface area contributed by atoms with E-state index in [1.807, 2.05) is 6.92 Å². The number of benzene rings is 1. The number of anilines is 1. The Hall–Kier alpha value is -1.46. The number of carbonyl (C=O) groups is 1. The van der Waals surface area contributed by atoms with Gasteiger partial charge in [0.1, 0.15) is 5.75 Å². The molecule has 1 aliphatic rings. The fraction of sp³-hybridized carbons (Fsp3) is 0.562. The van der Waals surface area contributed by atoms with Crippen molar-refractivity contribution in [3.63, 3.8) is 0 Å². The van der Waals surface area contributed by atoms with Crippen LogP contribution in [0.3, 0.4) is 0 Å². The minimum absolute atomic E-state index is 0.175. The third-order valence-electron chi connectivity index (χ3n) is 3.81. The molecule has 1 aromatic rings. The second kappa shape index (κ2) is 6.75. The zero-order valence-electron chi connectivity index (χ0n) is 13.2. The molecule has 6 heteroatoms. The number of rotatable bonds is 4. The quantitative estimate of drug-likeness (QED) is 0.890. The number of hydrogen-bond donors (Lipinski definition) is 2. The Morgan fingerprint density at radius 1 is 1.55 bits per heavy atom. The third kappa shape index (κ3) is 3.84. The van der Waals surface area contributed by atoms with E-state index in [0.29, 0.717) is 29.6 Å². The average Bonchev–Trinajstić information content (AvgIpc) is 2.91. The molecular weight excluding hydrogens is 304 g/mol. The molecule has 2 rings (SSSR count). The van der Waals surface area contributed by atoms with Crippen LogP contribution in [0.5, 0.6) is 5.75 Å². The summed E-state index contributed by atoms with van der Waals surface area (Å²) in [6.07, 6.45) is 1.70. The number of nitrogens with zero attached hydrogens (tertiary/aromatic N) is 1. The molecule has 1 aliphatic heterocycles. The smallest absolute Gasteiger partial charge is 0.322 e. The molecule has 0 aliphatic carbocycles. The molecule has 122 valence electrons. The summed E-state index contributed by atoms with van der Waals surface area (Å²) in [5, 5.41) is 13.5. The van der Waals surface area contributed by atoms with Gasteiger partial charge in [0.2, 0.25) is 0 Å². The number of ether oxygens (including phenoxy) is 1. The molecular formula is C16H23ClN2O3. The molecule has 1 atom stereocenters. The topological polar surface area (TPSA) is 61.8 Å². The fourth-order valence-electron chi connectivity index (χ4n) is 2.79. The van der Waals surface area contributed by atoms with Crippen molar-refractivity contribution >= 4 is 23.3 Å². The Morgan fingerprint density at radius 3 is 2.86 bits per heavy atom. The van der Waals surface area contributed by atoms with Crippen LogP contribution in [0, 0.1) is 0 Å². The summed E-state index contributed by atoms with van der Waals surface area (Å²) in [5.74, 6) is 0.595. The Balaban J connectivity index is 2.07. The summed E-state index contributed by atoms with van der Waals surface area (Å²) in [6.45, 7) is 6.53. The van der Waals surface area contributed by atoms with E-state index in [1.165, 1.54) is 0 Å². The number of halogens is 1. The van der Waals surface area contributed by atoms with Gasteiger partial charge in [0.25, 0.3) is 0 Å². The Morgan fingerprint density at radius 2 is 2.27 bits per heavy atom. The largest absolute Gasteiger partial charge is 0.492 e. The van der Waals surface area contributed by atoms with Gasteiger partial charge in [0, 0.05) is 12.2 Å². The Labute approximate surface area is 136 Å². The normalized spacial score (nSPS) is 18.4. The Bertz CT molecular complexity index is 543. The second-order valence-corrected chi connectivity index (χ2v) is 6.42. The molecule has 5 nitrogen and oxygen atoms in total. The molecule has 1 heterocycles. The van der Waals surface area contributed by atoms with Gasteiger partial charge in [-0.1, -0.05) is 11.6 Å². The maximum absolute atomic E-state index is 12.4. The predicted molar refractivity (Wildman–Crippen MR) is 87.7 cm³/mol. The third-order valence-corrected chi connectivity index (χ3v) is 4.11. The lowest BCUT2D eigenvalue weighted by Crippen LogP contribution is -2.49. The molecule has 0 bridgehead atoms. The van der Waals surface area contributed by atoms with Crippen molar-refractivity contribution in [3.05, 3.63) is 23.2 Å². The Kier molecular flexibility index (Phi) is 5.19. The number of aliphatic hydroxyl groups is 1. The minimum Gasteiger partial charge on any atom is -0.492 e. The predicted octanol–water partition coefficient (Wildman–Crippen LogP) is 3.51. The van der Waals surface area contributed by atoms with Crippen LogP contribution in [-0.2, 0) is 0 Å². The van der Waals surface area contributed by atoms with Gasteiger partial charge < -0.3 is 20.1 Å². The highest BCUT2D eigenvalue weighted by atomic mass is 35.5. The van der Waals surface area contributed by atoms with Gasteiger partial charge >= 0.3 is 6.03 Å². The molecule has 0 aromatic heterocycles. The maximum atomic E-state index is 12.4. The summed E-state index contributed by atoms with van der Waals surface area (Å²) in [6, 6.07) is 4.76. The average molecular weight is 327 g/mol. The van der Waals surface area contributed by atoms with Crippen LogP contribution in [0.25, 0.3) is 0 Å². The van der Waals surface area contributed by atoms with Crippen molar-refractivity contribution in [1.29, 1.82) is 0 Å². The molecule has 22 heavy (non-hydrogen) atoms. The van der Waals surface area contributed by atoms with Gasteiger partial charge in [-0.05, 0) is 51.8 Å². The molecule has 0 saturated carbocycles. The van der Waals surface area contributed by atoms with Crippen molar-refractivity contribution in [2.45, 2.75) is 45.3 Å². The van der Waals surface area contributed by atoms with Crippen LogP contribution in [0.2, 0.25) is 5.02 Å². The number of amides is 2. The highest BCUT2D eigenvalue weighted by Gasteiger charge is 2.38. The van der Waals surface area contributed by atoms with Gasteiger partial charge in [-0.25, -0.2) is 4.79 Å². The standard InChI is InChI=1S/C16H23ClN2O3/c1-4-22-13-8-7-11(10-12(13)17)18-15(20)19-9-5-6-14(19)16(2,3)21/h7-8,10,14,21H,4-6,9H2,1-3H3,(H,18,20). The first kappa shape index (κ1) is 16.9. The monoisotopic (exact) mass is 326 g/mol. The summed E-state index contributed by atoms with van der Waals surface area (Å²) in [4.78, 5) is 14.1. The number of hydrogen-bond acceptors (Lipinski definition) is 3. The van der Waals surface area contributed by atoms with E-state index in [-0.39, 0.29) is 12.1 Å². The summed E-state index contributed by atoms with van der Waals surface area (Å²) < 4.78 is 5.37. The van der Waals surface area contributed by atoms with Gasteiger partial charge in [-0.15, -0.1) is 0 Å². The van der Waals surface area contributed by atoms with Gasteiger partial charge in [-0.3, -0.25) is 0 Å². The number of nitrogens with one attached hydrogen (secondary N) is 1. The van der Waals surface area contributed by atoms with E-state index >= 15 is 0 Å². The van der Waals surface area contributed by atoms with E-state index in [9.17, 15) is 9.90 Å². The summed E-state index contributed by atoms with van der Waals surface area (Å²) in [7, 11) is 0. The molecule has 1 unspecified atom stereocenters. The first-order valence-corrected chi connectivity index (χ1v) is 7.93. The van der Waals surface area contributed by atoms with Gasteiger partial charge in [0.05, 0.1) is 23.3 Å². The van der Waals surface area contributed by atoms with Crippen molar-refractivity contribution in [1.82, 2.24) is 4.90 Å². The molecule has 0 spiro atoms. The SMILES string of the molecule is CCOc1ccc(NC(=O)N2CCCC2C(C)(C)O)cc1Cl. The highest BCUT2D eigenvalue weighted by Crippen LogP contribution is 2.30. The first-order chi connectivity index (χ1) is 10.3. The first-order valence-electron chi connectivity index (χ1n) is 7.55. The lowest BCUT2D eigenvalue weighted by molar-refractivity contribution is 0.0117. The van der Waals surface area contributed by atoms with Crippen molar-refractivity contribution in [2.24, 2.45) is 0 Å². The molecule has 1 aromatic carbocycles. The second-order valence-electron chi connectivity index (χ2n) is 6.01. The maximum Gasteiger partial charge on any atom is 0.322 e. The number of urea groups is 1. The lowest BCUT2D eigenvalue weighted by atomic mass is 9.97. The van der Waals surface area contributed by atoms with Crippen molar-refractivity contribution in [2.75, 3.05) is 18.5 Å². The molecule has 1 saturated heterocycles. The zero-order chi connectivity index (χ0) is 16.3. The number of likely N-dealkylation sites (tertiary alicyclic amines) is 1. The van der Waals surface area contributed by atoms with E-state index < -0.39 is 5.60 Å². The van der Waals surface area contributed by atoms with Crippen LogP contribution in [0.15, 0.2) is 18.2 Å². The van der Waals surface area contributed by atoms with Gasteiger partial charge in [-0.2, -0.15) is 0 Å². The molecule has 0 radical (unpaired) electrons. The summed E-state index contributed by atoms with van der Waals surface area (Å²) >= 11 is 6.12. The zero-order valence-corrected chi connectivity index (χ0v) is 14.0. The van der Waals surface area contributed by atoms with Crippen LogP contribution < -0.4 is 10.1 Å². The van der Waals surface area contributed by atoms with Crippen LogP contribution >= 0.6 is 11.6 Å². The van der Waals surface area contributed by atoms with E-state index in [4.69, 9.17) is 16.3 Å². The molecule has 2 N–H and O–H groups in total. The highest BCUT2D eigenvalue weighted by molar-refractivity contribution is 6.32. The molecule has 1 fully saturated rings. The van der Waals surface area contributed by atoms with Crippen LogP contribution in [0.4, 0.5) is 10.5 Å². The molecule has 2 amide bonds. The van der Waals surface area contributed by atoms with Crippen molar-refractivity contribution < 1.29 is 14.6 Å². The van der Waals surface area contributed by atoms with Crippen LogP contribution in [-0.4, -0.2) is 40.8 Å². The fourth-order valence-corrected chi connectivity index (χ4v) is 3.03. The summed E-state index contributed by atoms with van der Waals surface area (Å²) in [5.41, 5.74) is -0.301. The van der Waals surface area contributed by atoms with Crippen molar-refractivity contribution in [3.8, 4) is 5.75 Å².